The van der Waals surface area contributed by atoms with Gasteiger partial charge in [-0.3, -0.25) is 0 Å². The Morgan fingerprint density at radius 2 is 1.17 bits per heavy atom. The first-order valence-electron chi connectivity index (χ1n) is 7.42. The van der Waals surface area contributed by atoms with Crippen molar-refractivity contribution in [2.24, 2.45) is 0 Å². The molecule has 0 spiro atoms. The van der Waals surface area contributed by atoms with Gasteiger partial charge in [0.15, 0.2) is 0 Å². The zero-order valence-electron chi connectivity index (χ0n) is 13.2. The Hall–Kier alpha value is -1.37. The highest BCUT2D eigenvalue weighted by Gasteiger charge is 2.33. The van der Waals surface area contributed by atoms with Crippen LogP contribution in [0.15, 0.2) is 58.3 Å². The molecule has 0 fully saturated rings. The van der Waals surface area contributed by atoms with E-state index in [0.29, 0.717) is 0 Å². The average Bonchev–Trinajstić information content (AvgIpc) is 2.72. The second-order valence-electron chi connectivity index (χ2n) is 5.17. The first kappa shape index (κ1) is 16.5. The molecule has 0 aromatic heterocycles. The van der Waals surface area contributed by atoms with Gasteiger partial charge < -0.3 is 18.9 Å². The summed E-state index contributed by atoms with van der Waals surface area (Å²) in [5.41, 5.74) is 2.21. The third-order valence-corrected chi connectivity index (χ3v) is 4.86. The zero-order chi connectivity index (χ0) is 16.1. The number of fused-ring (bicyclic) bond motifs is 2. The second kappa shape index (κ2) is 7.95. The van der Waals surface area contributed by atoms with Crippen LogP contribution in [0.4, 0.5) is 0 Å². The highest BCUT2D eigenvalue weighted by molar-refractivity contribution is 7.99. The molecule has 2 atom stereocenters. The molecule has 0 aliphatic carbocycles. The molecule has 0 radical (unpaired) electrons. The van der Waals surface area contributed by atoms with E-state index in [1.807, 2.05) is 24.3 Å². The van der Waals surface area contributed by atoms with Crippen molar-refractivity contribution >= 4 is 11.8 Å². The van der Waals surface area contributed by atoms with Gasteiger partial charge in [-0.2, -0.15) is 0 Å². The Labute approximate surface area is 140 Å². The molecule has 0 saturated carbocycles. The van der Waals surface area contributed by atoms with Gasteiger partial charge >= 0.3 is 0 Å². The van der Waals surface area contributed by atoms with Crippen LogP contribution in [0, 0.1) is 0 Å². The van der Waals surface area contributed by atoms with Crippen LogP contribution in [0.3, 0.4) is 0 Å². The van der Waals surface area contributed by atoms with E-state index >= 15 is 0 Å². The van der Waals surface area contributed by atoms with Crippen molar-refractivity contribution in [1.29, 1.82) is 0 Å². The van der Waals surface area contributed by atoms with Crippen LogP contribution in [-0.2, 0) is 18.9 Å². The third kappa shape index (κ3) is 3.59. The average molecular weight is 332 g/mol. The van der Waals surface area contributed by atoms with Gasteiger partial charge in [0.1, 0.15) is 25.8 Å². The molecule has 3 rings (SSSR count). The molecule has 0 unspecified atom stereocenters. The molecular weight excluding hydrogens is 312 g/mol. The van der Waals surface area contributed by atoms with E-state index in [-0.39, 0.29) is 25.8 Å². The van der Waals surface area contributed by atoms with Crippen molar-refractivity contribution < 1.29 is 18.9 Å². The maximum absolute atomic E-state index is 5.99. The molecule has 2 aromatic carbocycles. The van der Waals surface area contributed by atoms with E-state index in [0.717, 1.165) is 11.1 Å². The Morgan fingerprint density at radius 3 is 1.61 bits per heavy atom. The van der Waals surface area contributed by atoms with Crippen LogP contribution in [0.1, 0.15) is 23.3 Å². The standard InChI is InChI=1S/C18H20O4S/c1-19-11-21-17-13-7-3-5-9-15(13)23-16-10-6-4-8-14(16)18(17)22-12-20-2/h3-10,17-18H,11-12H2,1-2H3/t17-,18-/m1/s1. The SMILES string of the molecule is COCO[C@@H]1c2ccccc2Sc2ccccc2[C@H]1OCOC. The highest BCUT2D eigenvalue weighted by Crippen LogP contribution is 2.48. The summed E-state index contributed by atoms with van der Waals surface area (Å²) < 4.78 is 22.2. The molecule has 2 aromatic rings. The van der Waals surface area contributed by atoms with Crippen molar-refractivity contribution in [3.05, 3.63) is 59.7 Å². The molecule has 122 valence electrons. The van der Waals surface area contributed by atoms with Crippen LogP contribution < -0.4 is 0 Å². The van der Waals surface area contributed by atoms with Gasteiger partial charge in [0.2, 0.25) is 0 Å². The quantitative estimate of drug-likeness (QED) is 0.742. The van der Waals surface area contributed by atoms with Crippen LogP contribution in [0.25, 0.3) is 0 Å². The Morgan fingerprint density at radius 1 is 0.739 bits per heavy atom. The minimum absolute atomic E-state index is 0.207. The lowest BCUT2D eigenvalue weighted by Crippen LogP contribution is -2.19. The van der Waals surface area contributed by atoms with Crippen molar-refractivity contribution in [2.45, 2.75) is 22.0 Å². The maximum Gasteiger partial charge on any atom is 0.147 e. The largest absolute Gasteiger partial charge is 0.359 e. The number of methoxy groups -OCH3 is 2. The minimum Gasteiger partial charge on any atom is -0.359 e. The van der Waals surface area contributed by atoms with E-state index in [1.54, 1.807) is 26.0 Å². The summed E-state index contributed by atoms with van der Waals surface area (Å²) >= 11 is 1.74. The number of hydrogen-bond acceptors (Lipinski definition) is 5. The Balaban J connectivity index is 2.07. The fourth-order valence-electron chi connectivity index (χ4n) is 2.70. The summed E-state index contributed by atoms with van der Waals surface area (Å²) in [7, 11) is 3.24. The van der Waals surface area contributed by atoms with Gasteiger partial charge in [0.25, 0.3) is 0 Å². The van der Waals surface area contributed by atoms with Crippen molar-refractivity contribution in [3.63, 3.8) is 0 Å². The summed E-state index contributed by atoms with van der Waals surface area (Å²) in [5, 5.41) is 0. The van der Waals surface area contributed by atoms with Gasteiger partial charge in [-0.1, -0.05) is 48.2 Å². The van der Waals surface area contributed by atoms with Gasteiger partial charge in [-0.15, -0.1) is 0 Å². The molecule has 0 saturated heterocycles. The first-order chi connectivity index (χ1) is 11.3. The normalized spacial score (nSPS) is 19.7. The Kier molecular flexibility index (Phi) is 5.70. The third-order valence-electron chi connectivity index (χ3n) is 3.68. The zero-order valence-corrected chi connectivity index (χ0v) is 14.0. The highest BCUT2D eigenvalue weighted by atomic mass is 32.2. The monoisotopic (exact) mass is 332 g/mol. The summed E-state index contributed by atoms with van der Waals surface area (Å²) in [6.45, 7) is 0.414. The molecule has 5 heteroatoms. The summed E-state index contributed by atoms with van der Waals surface area (Å²) in [6.07, 6.45) is -0.505. The van der Waals surface area contributed by atoms with E-state index < -0.39 is 0 Å². The lowest BCUT2D eigenvalue weighted by Gasteiger charge is -2.27. The van der Waals surface area contributed by atoms with Gasteiger partial charge in [0.05, 0.1) is 0 Å². The fourth-order valence-corrected chi connectivity index (χ4v) is 3.83. The van der Waals surface area contributed by atoms with Crippen LogP contribution >= 0.6 is 11.8 Å². The van der Waals surface area contributed by atoms with Crippen molar-refractivity contribution in [3.8, 4) is 0 Å². The van der Waals surface area contributed by atoms with E-state index in [9.17, 15) is 0 Å². The van der Waals surface area contributed by atoms with Crippen LogP contribution in [0.2, 0.25) is 0 Å². The molecule has 0 N–H and O–H groups in total. The predicted molar refractivity (Wildman–Crippen MR) is 88.4 cm³/mol. The summed E-state index contributed by atoms with van der Waals surface area (Å²) in [6, 6.07) is 16.5. The fraction of sp³-hybridized carbons (Fsp3) is 0.333. The molecular formula is C18H20O4S. The second-order valence-corrected chi connectivity index (χ2v) is 6.25. The number of ether oxygens (including phenoxy) is 4. The van der Waals surface area contributed by atoms with Crippen LogP contribution in [0.5, 0.6) is 0 Å². The topological polar surface area (TPSA) is 36.9 Å². The molecule has 1 aliphatic rings. The van der Waals surface area contributed by atoms with Gasteiger partial charge in [-0.25, -0.2) is 0 Å². The summed E-state index contributed by atoms with van der Waals surface area (Å²) in [5.74, 6) is 0. The molecule has 0 amide bonds. The van der Waals surface area contributed by atoms with Crippen molar-refractivity contribution in [2.75, 3.05) is 27.8 Å². The number of rotatable bonds is 6. The van der Waals surface area contributed by atoms with Gasteiger partial charge in [-0.05, 0) is 23.3 Å². The Bertz CT molecular complexity index is 591. The lowest BCUT2D eigenvalue weighted by molar-refractivity contribution is -0.163. The number of benzene rings is 2. The molecule has 4 nitrogen and oxygen atoms in total. The van der Waals surface area contributed by atoms with E-state index in [1.165, 1.54) is 9.79 Å². The lowest BCUT2D eigenvalue weighted by atomic mass is 9.98. The van der Waals surface area contributed by atoms with Gasteiger partial charge in [0, 0.05) is 24.0 Å². The maximum atomic E-state index is 5.99. The van der Waals surface area contributed by atoms with Crippen molar-refractivity contribution in [1.82, 2.24) is 0 Å². The first-order valence-corrected chi connectivity index (χ1v) is 8.23. The number of hydrogen-bond donors (Lipinski definition) is 0. The minimum atomic E-state index is -0.252. The van der Waals surface area contributed by atoms with E-state index in [4.69, 9.17) is 18.9 Å². The molecule has 1 aliphatic heterocycles. The summed E-state index contributed by atoms with van der Waals surface area (Å²) in [4.78, 5) is 2.34. The molecule has 23 heavy (non-hydrogen) atoms. The smallest absolute Gasteiger partial charge is 0.147 e. The molecule has 1 heterocycles. The predicted octanol–water partition coefficient (Wildman–Crippen LogP) is 4.17. The van der Waals surface area contributed by atoms with E-state index in [2.05, 4.69) is 24.3 Å². The van der Waals surface area contributed by atoms with Crippen LogP contribution in [-0.4, -0.2) is 27.8 Å². The molecule has 0 bridgehead atoms.